The molecule has 0 spiro atoms. The normalized spacial score (nSPS) is 26.1. The molecule has 3 atom stereocenters. The third-order valence-electron chi connectivity index (χ3n) is 8.01. The van der Waals surface area contributed by atoms with Gasteiger partial charge in [0.05, 0.1) is 13.5 Å². The number of hydrogen-bond donors (Lipinski definition) is 4. The van der Waals surface area contributed by atoms with Crippen LogP contribution < -0.4 is 26.8 Å². The van der Waals surface area contributed by atoms with E-state index < -0.39 is 5.66 Å². The van der Waals surface area contributed by atoms with E-state index in [0.29, 0.717) is 13.0 Å². The van der Waals surface area contributed by atoms with Gasteiger partial charge in [-0.25, -0.2) is 4.99 Å². The number of halogens is 1. The Labute approximate surface area is 241 Å². The maximum absolute atomic E-state index is 13.2. The lowest BCUT2D eigenvalue weighted by Gasteiger charge is -2.40. The van der Waals surface area contributed by atoms with Crippen LogP contribution in [-0.4, -0.2) is 66.5 Å². The van der Waals surface area contributed by atoms with Crippen molar-refractivity contribution >= 4 is 29.2 Å². The van der Waals surface area contributed by atoms with Crippen molar-refractivity contribution in [3.05, 3.63) is 40.8 Å². The van der Waals surface area contributed by atoms with Crippen molar-refractivity contribution in [1.82, 2.24) is 15.5 Å². The van der Waals surface area contributed by atoms with Gasteiger partial charge in [-0.2, -0.15) is 0 Å². The summed E-state index contributed by atoms with van der Waals surface area (Å²) in [6, 6.07) is 8.02. The molecule has 0 radical (unpaired) electrons. The van der Waals surface area contributed by atoms with Gasteiger partial charge in [0.25, 0.3) is 5.91 Å². The molecule has 10 nitrogen and oxygen atoms in total. The number of benzene rings is 1. The minimum Gasteiger partial charge on any atom is -0.497 e. The van der Waals surface area contributed by atoms with Gasteiger partial charge in [0.1, 0.15) is 29.0 Å². The fraction of sp³-hybridized carbons (Fsp3) is 0.621. The second-order valence-corrected chi connectivity index (χ2v) is 11.7. The number of rotatable bonds is 10. The molecule has 220 valence electrons. The third kappa shape index (κ3) is 8.11. The van der Waals surface area contributed by atoms with Crippen LogP contribution in [0.4, 0.5) is 0 Å². The summed E-state index contributed by atoms with van der Waals surface area (Å²) in [6.07, 6.45) is 9.10. The zero-order valence-electron chi connectivity index (χ0n) is 23.6. The van der Waals surface area contributed by atoms with Gasteiger partial charge in [-0.3, -0.25) is 14.5 Å². The number of hydrogen-bond acceptors (Lipinski definition) is 9. The maximum Gasteiger partial charge on any atom is 0.307 e. The smallest absolute Gasteiger partial charge is 0.307 e. The molecule has 1 aliphatic carbocycles. The van der Waals surface area contributed by atoms with E-state index in [0.717, 1.165) is 63.7 Å². The number of nitrogens with one attached hydrogen (secondary N) is 2. The average Bonchev–Trinajstić information content (AvgIpc) is 2.92. The number of nitrogens with zero attached hydrogens (tertiary/aromatic N) is 2. The van der Waals surface area contributed by atoms with Crippen molar-refractivity contribution in [3.8, 4) is 5.75 Å². The number of aliphatic imine (C=N–C) groups is 1. The van der Waals surface area contributed by atoms with Gasteiger partial charge < -0.3 is 31.6 Å². The third-order valence-corrected chi connectivity index (χ3v) is 8.30. The standard InChI is InChI=1S/C29H43ClN6O4/c1-29(32)25(34-26(30)27(31)35-29)28(38)33-20-12-13-21(17-24(37)40-23-8-4-3-5-9-23)36(18-20)16-6-7-19-10-14-22(39-2)15-11-19/h10-11,14-15,20-21,23,35H,3-9,12-13,16-18,31-32H2,1-2H3,(H,33,38). The number of ether oxygens (including phenoxy) is 2. The zero-order chi connectivity index (χ0) is 28.7. The first-order valence-corrected chi connectivity index (χ1v) is 14.7. The number of carbonyl (C=O) groups is 2. The number of esters is 1. The number of aryl methyl sites for hydroxylation is 1. The molecular weight excluding hydrogens is 532 g/mol. The van der Waals surface area contributed by atoms with Crippen molar-refractivity contribution in [2.75, 3.05) is 20.2 Å². The van der Waals surface area contributed by atoms with Crippen molar-refractivity contribution in [2.45, 2.75) is 95.0 Å². The first-order valence-electron chi connectivity index (χ1n) is 14.3. The van der Waals surface area contributed by atoms with Crippen LogP contribution in [-0.2, 0) is 20.7 Å². The van der Waals surface area contributed by atoms with E-state index in [1.807, 2.05) is 12.1 Å². The molecule has 1 saturated carbocycles. The van der Waals surface area contributed by atoms with Crippen LogP contribution in [0.1, 0.15) is 70.3 Å². The van der Waals surface area contributed by atoms with Crippen LogP contribution in [0.15, 0.2) is 40.2 Å². The van der Waals surface area contributed by atoms with Gasteiger partial charge in [0, 0.05) is 18.6 Å². The molecule has 2 fully saturated rings. The van der Waals surface area contributed by atoms with E-state index in [4.69, 9.17) is 32.5 Å². The Balaban J connectivity index is 1.38. The summed E-state index contributed by atoms with van der Waals surface area (Å²) in [7, 11) is 1.66. The largest absolute Gasteiger partial charge is 0.497 e. The first-order chi connectivity index (χ1) is 19.1. The highest BCUT2D eigenvalue weighted by atomic mass is 35.5. The highest BCUT2D eigenvalue weighted by molar-refractivity contribution is 6.44. The molecule has 3 unspecified atom stereocenters. The fourth-order valence-corrected chi connectivity index (χ4v) is 5.95. The lowest BCUT2D eigenvalue weighted by Crippen LogP contribution is -2.64. The molecule has 11 heteroatoms. The fourth-order valence-electron chi connectivity index (χ4n) is 5.82. The average molecular weight is 575 g/mol. The summed E-state index contributed by atoms with van der Waals surface area (Å²) in [4.78, 5) is 32.5. The van der Waals surface area contributed by atoms with Crippen molar-refractivity contribution < 1.29 is 19.1 Å². The molecule has 4 rings (SSSR count). The van der Waals surface area contributed by atoms with E-state index in [2.05, 4.69) is 32.7 Å². The van der Waals surface area contributed by atoms with Crippen molar-refractivity contribution in [1.29, 1.82) is 0 Å². The van der Waals surface area contributed by atoms with Gasteiger partial charge in [0.15, 0.2) is 5.16 Å². The number of amides is 1. The number of piperidine rings is 1. The van der Waals surface area contributed by atoms with E-state index in [1.54, 1.807) is 14.0 Å². The van der Waals surface area contributed by atoms with E-state index in [-0.39, 0.29) is 46.8 Å². The van der Waals surface area contributed by atoms with Gasteiger partial charge in [0.2, 0.25) is 0 Å². The van der Waals surface area contributed by atoms with E-state index in [9.17, 15) is 9.59 Å². The molecule has 40 heavy (non-hydrogen) atoms. The van der Waals surface area contributed by atoms with Crippen LogP contribution in [0.25, 0.3) is 0 Å². The molecule has 1 amide bonds. The summed E-state index contributed by atoms with van der Waals surface area (Å²) < 4.78 is 11.1. The molecule has 0 aromatic heterocycles. The molecule has 1 aromatic carbocycles. The predicted molar refractivity (Wildman–Crippen MR) is 156 cm³/mol. The topological polar surface area (TPSA) is 144 Å². The molecule has 3 aliphatic rings. The second kappa shape index (κ2) is 13.7. The number of nitrogens with two attached hydrogens (primary N) is 2. The van der Waals surface area contributed by atoms with Gasteiger partial charge >= 0.3 is 5.97 Å². The quantitative estimate of drug-likeness (QED) is 0.247. The highest BCUT2D eigenvalue weighted by Crippen LogP contribution is 2.25. The highest BCUT2D eigenvalue weighted by Gasteiger charge is 2.38. The molecule has 1 aromatic rings. The Bertz CT molecular complexity index is 1100. The second-order valence-electron chi connectivity index (χ2n) is 11.3. The molecule has 1 saturated heterocycles. The van der Waals surface area contributed by atoms with Gasteiger partial charge in [-0.05, 0) is 82.5 Å². The zero-order valence-corrected chi connectivity index (χ0v) is 24.3. The van der Waals surface area contributed by atoms with Crippen LogP contribution in [0.5, 0.6) is 5.75 Å². The van der Waals surface area contributed by atoms with Crippen LogP contribution >= 0.6 is 11.6 Å². The Morgan fingerprint density at radius 2 is 1.90 bits per heavy atom. The van der Waals surface area contributed by atoms with E-state index in [1.165, 1.54) is 12.0 Å². The summed E-state index contributed by atoms with van der Waals surface area (Å²) in [5.41, 5.74) is 12.1. The van der Waals surface area contributed by atoms with Gasteiger partial charge in [-0.15, -0.1) is 0 Å². The minimum absolute atomic E-state index is 0.00780. The molecule has 2 heterocycles. The summed E-state index contributed by atoms with van der Waals surface area (Å²) >= 11 is 6.07. The van der Waals surface area contributed by atoms with Crippen LogP contribution in [0, 0.1) is 0 Å². The summed E-state index contributed by atoms with van der Waals surface area (Å²) in [5, 5.41) is 5.93. The Kier molecular flexibility index (Phi) is 10.3. The Morgan fingerprint density at radius 1 is 1.18 bits per heavy atom. The monoisotopic (exact) mass is 574 g/mol. The molecule has 0 bridgehead atoms. The summed E-state index contributed by atoms with van der Waals surface area (Å²) in [6.45, 7) is 3.04. The van der Waals surface area contributed by atoms with Crippen LogP contribution in [0.3, 0.4) is 0 Å². The molecule has 6 N–H and O–H groups in total. The molecule has 2 aliphatic heterocycles. The Hall–Kier alpha value is -2.82. The van der Waals surface area contributed by atoms with Crippen molar-refractivity contribution in [3.63, 3.8) is 0 Å². The molecular formula is C29H43ClN6O4. The number of methoxy groups -OCH3 is 1. The Morgan fingerprint density at radius 3 is 2.60 bits per heavy atom. The minimum atomic E-state index is -1.25. The SMILES string of the molecule is COc1ccc(CCCN2CC(NC(=O)C3=NC(Cl)=C(N)NC3(C)N)CCC2CC(=O)OC2CCCCC2)cc1. The predicted octanol–water partition coefficient (Wildman–Crippen LogP) is 2.89. The number of carbonyl (C=O) groups excluding carboxylic acids is 2. The lowest BCUT2D eigenvalue weighted by molar-refractivity contribution is -0.152. The van der Waals surface area contributed by atoms with Crippen molar-refractivity contribution in [2.24, 2.45) is 16.5 Å². The number of likely N-dealkylation sites (tertiary alicyclic amines) is 1. The maximum atomic E-state index is 13.2. The lowest BCUT2D eigenvalue weighted by atomic mass is 9.94. The van der Waals surface area contributed by atoms with E-state index >= 15 is 0 Å². The van der Waals surface area contributed by atoms with Crippen LogP contribution in [0.2, 0.25) is 0 Å². The van der Waals surface area contributed by atoms with Gasteiger partial charge in [-0.1, -0.05) is 30.2 Å². The first kappa shape index (κ1) is 30.1. The summed E-state index contributed by atoms with van der Waals surface area (Å²) in [5.74, 6) is 0.453.